The van der Waals surface area contributed by atoms with Gasteiger partial charge in [-0.05, 0) is 13.0 Å². The van der Waals surface area contributed by atoms with Crippen molar-refractivity contribution in [1.29, 1.82) is 0 Å². The van der Waals surface area contributed by atoms with Gasteiger partial charge < -0.3 is 15.0 Å². The minimum Gasteiger partial charge on any atom is -0.496 e. The van der Waals surface area contributed by atoms with Crippen LogP contribution in [-0.2, 0) is 16.1 Å². The Hall–Kier alpha value is -2.71. The van der Waals surface area contributed by atoms with Crippen molar-refractivity contribution in [1.82, 2.24) is 20.1 Å². The summed E-state index contributed by atoms with van der Waals surface area (Å²) in [6, 6.07) is 7.30. The Morgan fingerprint density at radius 2 is 2.23 bits per heavy atom. The van der Waals surface area contributed by atoms with E-state index in [1.54, 1.807) is 30.4 Å². The molecule has 1 aliphatic heterocycles. The lowest BCUT2D eigenvalue weighted by Crippen LogP contribution is -2.56. The van der Waals surface area contributed by atoms with E-state index in [1.165, 1.54) is 0 Å². The number of aryl methyl sites for hydroxylation is 1. The monoisotopic (exact) mass is 428 g/mol. The largest absolute Gasteiger partial charge is 0.496 e. The third-order valence-electron chi connectivity index (χ3n) is 5.08. The predicted molar refractivity (Wildman–Crippen MR) is 118 cm³/mol. The van der Waals surface area contributed by atoms with Crippen molar-refractivity contribution < 1.29 is 14.3 Å². The molecule has 0 bridgehead atoms. The molecule has 7 nitrogen and oxygen atoms in total. The summed E-state index contributed by atoms with van der Waals surface area (Å²) in [7, 11) is 3.40. The molecule has 1 aliphatic rings. The summed E-state index contributed by atoms with van der Waals surface area (Å²) in [4.78, 5) is 33.3. The number of carbonyl (C=O) groups is 2. The number of hydrogen-bond acceptors (Lipinski definition) is 6. The summed E-state index contributed by atoms with van der Waals surface area (Å²) in [5.41, 5.74) is 1.85. The van der Waals surface area contributed by atoms with Crippen molar-refractivity contribution in [3.8, 4) is 5.75 Å². The highest BCUT2D eigenvalue weighted by atomic mass is 32.1. The molecule has 0 spiro atoms. The van der Waals surface area contributed by atoms with Crippen LogP contribution < -0.4 is 10.1 Å². The Morgan fingerprint density at radius 1 is 1.43 bits per heavy atom. The van der Waals surface area contributed by atoms with Crippen LogP contribution in [0, 0.1) is 6.92 Å². The molecule has 0 radical (unpaired) electrons. The Morgan fingerprint density at radius 3 is 2.97 bits per heavy atom. The number of piperazine rings is 1. The van der Waals surface area contributed by atoms with Crippen LogP contribution in [0.4, 0.5) is 0 Å². The van der Waals surface area contributed by atoms with Gasteiger partial charge >= 0.3 is 0 Å². The number of hydrogen-bond donors (Lipinski definition) is 1. The van der Waals surface area contributed by atoms with Crippen LogP contribution in [-0.4, -0.2) is 66.4 Å². The molecule has 1 unspecified atom stereocenters. The normalized spacial score (nSPS) is 17.2. The molecule has 0 aliphatic carbocycles. The zero-order valence-electron chi connectivity index (χ0n) is 17.6. The highest BCUT2D eigenvalue weighted by molar-refractivity contribution is 7.09. The van der Waals surface area contributed by atoms with Gasteiger partial charge in [0.1, 0.15) is 5.75 Å². The summed E-state index contributed by atoms with van der Waals surface area (Å²) >= 11 is 1.57. The Labute approximate surface area is 181 Å². The second-order valence-electron chi connectivity index (χ2n) is 7.26. The first kappa shape index (κ1) is 22.0. The predicted octanol–water partition coefficient (Wildman–Crippen LogP) is 2.32. The molecule has 8 heteroatoms. The van der Waals surface area contributed by atoms with Gasteiger partial charge in [0, 0.05) is 37.6 Å². The van der Waals surface area contributed by atoms with E-state index in [1.807, 2.05) is 53.6 Å². The van der Waals surface area contributed by atoms with Crippen molar-refractivity contribution in [2.75, 3.05) is 33.8 Å². The SMILES string of the molecule is COc1ccccc1/C=C/CN1CCNC(=O)C1CC(=O)N(C)Cc1csc(C)n1. The number of amides is 2. The highest BCUT2D eigenvalue weighted by Crippen LogP contribution is 2.19. The van der Waals surface area contributed by atoms with E-state index in [0.29, 0.717) is 26.2 Å². The van der Waals surface area contributed by atoms with E-state index in [0.717, 1.165) is 22.0 Å². The van der Waals surface area contributed by atoms with Gasteiger partial charge in [0.2, 0.25) is 11.8 Å². The molecular weight excluding hydrogens is 400 g/mol. The number of nitrogens with one attached hydrogen (secondary N) is 1. The van der Waals surface area contributed by atoms with Crippen LogP contribution in [0.5, 0.6) is 5.75 Å². The minimum absolute atomic E-state index is 0.0681. The molecule has 30 heavy (non-hydrogen) atoms. The topological polar surface area (TPSA) is 74.8 Å². The summed E-state index contributed by atoms with van der Waals surface area (Å²) < 4.78 is 5.37. The van der Waals surface area contributed by atoms with Crippen molar-refractivity contribution in [2.24, 2.45) is 0 Å². The van der Waals surface area contributed by atoms with Crippen molar-refractivity contribution >= 4 is 29.2 Å². The molecule has 1 saturated heterocycles. The van der Waals surface area contributed by atoms with Gasteiger partial charge in [-0.3, -0.25) is 14.5 Å². The molecular formula is C22H28N4O3S. The molecule has 0 saturated carbocycles. The van der Waals surface area contributed by atoms with Gasteiger partial charge in [0.25, 0.3) is 0 Å². The average molecular weight is 429 g/mol. The fraction of sp³-hybridized carbons (Fsp3) is 0.409. The zero-order chi connectivity index (χ0) is 21.5. The van der Waals surface area contributed by atoms with E-state index in [4.69, 9.17) is 4.74 Å². The Balaban J connectivity index is 1.61. The lowest BCUT2D eigenvalue weighted by atomic mass is 10.1. The van der Waals surface area contributed by atoms with Gasteiger partial charge in [-0.2, -0.15) is 0 Å². The maximum absolute atomic E-state index is 12.8. The molecule has 2 aromatic rings. The molecule has 1 aromatic carbocycles. The Bertz CT molecular complexity index is 911. The first-order valence-electron chi connectivity index (χ1n) is 9.94. The number of carbonyl (C=O) groups excluding carboxylic acids is 2. The average Bonchev–Trinajstić information content (AvgIpc) is 3.15. The van der Waals surface area contributed by atoms with E-state index >= 15 is 0 Å². The lowest BCUT2D eigenvalue weighted by Gasteiger charge is -2.34. The summed E-state index contributed by atoms with van der Waals surface area (Å²) in [5, 5.41) is 5.82. The molecule has 1 N–H and O–H groups in total. The van der Waals surface area contributed by atoms with Crippen molar-refractivity contribution in [2.45, 2.75) is 25.9 Å². The summed E-state index contributed by atoms with van der Waals surface area (Å²) in [6.45, 7) is 4.26. The molecule has 2 amide bonds. The van der Waals surface area contributed by atoms with Gasteiger partial charge in [-0.25, -0.2) is 4.98 Å². The number of methoxy groups -OCH3 is 1. The smallest absolute Gasteiger partial charge is 0.237 e. The van der Waals surface area contributed by atoms with E-state index in [9.17, 15) is 9.59 Å². The van der Waals surface area contributed by atoms with Crippen LogP contribution in [0.15, 0.2) is 35.7 Å². The quantitative estimate of drug-likeness (QED) is 0.699. The molecule has 1 fully saturated rings. The Kier molecular flexibility index (Phi) is 7.59. The molecule has 3 rings (SSSR count). The summed E-state index contributed by atoms with van der Waals surface area (Å²) in [5.74, 6) is 0.635. The van der Waals surface area contributed by atoms with Crippen molar-refractivity contribution in [3.63, 3.8) is 0 Å². The lowest BCUT2D eigenvalue weighted by molar-refractivity contribution is -0.138. The van der Waals surface area contributed by atoms with Crippen molar-refractivity contribution in [3.05, 3.63) is 52.0 Å². The standard InChI is InChI=1S/C22H28N4O3S/c1-16-24-18(15-30-16)14-25(2)21(27)13-19-22(28)23-10-12-26(19)11-6-8-17-7-4-5-9-20(17)29-3/h4-9,15,19H,10-14H2,1-3H3,(H,23,28)/b8-6+. The second-order valence-corrected chi connectivity index (χ2v) is 8.32. The number of benzene rings is 1. The highest BCUT2D eigenvalue weighted by Gasteiger charge is 2.31. The van der Waals surface area contributed by atoms with Crippen LogP contribution in [0.25, 0.3) is 6.08 Å². The number of para-hydroxylation sites is 1. The number of ether oxygens (including phenoxy) is 1. The number of nitrogens with zero attached hydrogens (tertiary/aromatic N) is 3. The number of thiazole rings is 1. The van der Waals surface area contributed by atoms with E-state index in [-0.39, 0.29) is 18.2 Å². The van der Waals surface area contributed by atoms with Gasteiger partial charge in [-0.15, -0.1) is 11.3 Å². The van der Waals surface area contributed by atoms with Crippen LogP contribution >= 0.6 is 11.3 Å². The number of rotatable bonds is 8. The van der Waals surface area contributed by atoms with Crippen LogP contribution in [0.3, 0.4) is 0 Å². The summed E-state index contributed by atoms with van der Waals surface area (Å²) in [6.07, 6.45) is 4.14. The first-order chi connectivity index (χ1) is 14.5. The fourth-order valence-corrected chi connectivity index (χ4v) is 4.06. The third kappa shape index (κ3) is 5.67. The number of aromatic nitrogens is 1. The molecule has 1 atom stereocenters. The van der Waals surface area contributed by atoms with Gasteiger partial charge in [0.15, 0.2) is 0 Å². The molecule has 2 heterocycles. The molecule has 1 aromatic heterocycles. The van der Waals surface area contributed by atoms with E-state index < -0.39 is 6.04 Å². The first-order valence-corrected chi connectivity index (χ1v) is 10.8. The fourth-order valence-electron chi connectivity index (χ4n) is 3.45. The third-order valence-corrected chi connectivity index (χ3v) is 5.90. The maximum atomic E-state index is 12.8. The maximum Gasteiger partial charge on any atom is 0.237 e. The zero-order valence-corrected chi connectivity index (χ0v) is 18.4. The minimum atomic E-state index is -0.479. The van der Waals surface area contributed by atoms with Crippen LogP contribution in [0.2, 0.25) is 0 Å². The van der Waals surface area contributed by atoms with Gasteiger partial charge in [-0.1, -0.05) is 30.4 Å². The van der Waals surface area contributed by atoms with Gasteiger partial charge in [0.05, 0.1) is 36.8 Å². The second kappa shape index (κ2) is 10.4. The van der Waals surface area contributed by atoms with E-state index in [2.05, 4.69) is 10.3 Å². The van der Waals surface area contributed by atoms with Crippen LogP contribution in [0.1, 0.15) is 22.7 Å². The molecule has 160 valence electrons.